The van der Waals surface area contributed by atoms with E-state index in [2.05, 4.69) is 4.74 Å². The van der Waals surface area contributed by atoms with Gasteiger partial charge in [0.2, 0.25) is 0 Å². The van der Waals surface area contributed by atoms with E-state index in [0.29, 0.717) is 5.56 Å². The van der Waals surface area contributed by atoms with E-state index >= 15 is 0 Å². The first kappa shape index (κ1) is 15.8. The zero-order valence-electron chi connectivity index (χ0n) is 10.2. The normalized spacial score (nSPS) is 12.6. The summed E-state index contributed by atoms with van der Waals surface area (Å²) >= 11 is 0. The number of ether oxygens (including phenoxy) is 1. The summed E-state index contributed by atoms with van der Waals surface area (Å²) in [5.41, 5.74) is 6.26. The van der Waals surface area contributed by atoms with Crippen LogP contribution in [0.5, 0.6) is 0 Å². The molecule has 0 aliphatic carbocycles. The number of hydrogen-bond donors (Lipinski definition) is 1. The molecule has 8 heteroatoms. The molecular weight excluding hydrogens is 283 g/mol. The summed E-state index contributed by atoms with van der Waals surface area (Å²) in [6.45, 7) is -0.391. The first-order valence-electron chi connectivity index (χ1n) is 5.35. The van der Waals surface area contributed by atoms with Crippen molar-refractivity contribution in [1.29, 1.82) is 0 Å². The van der Waals surface area contributed by atoms with Crippen LogP contribution in [-0.2, 0) is 14.6 Å². The third-order valence-corrected chi connectivity index (χ3v) is 4.12. The zero-order valence-corrected chi connectivity index (χ0v) is 11.0. The van der Waals surface area contributed by atoms with E-state index in [1.165, 1.54) is 6.07 Å². The third-order valence-electron chi connectivity index (χ3n) is 2.31. The van der Waals surface area contributed by atoms with E-state index in [4.69, 9.17) is 5.73 Å². The van der Waals surface area contributed by atoms with Crippen molar-refractivity contribution in [3.05, 3.63) is 23.8 Å². The molecule has 0 unspecified atom stereocenters. The maximum Gasteiger partial charge on any atom is 0.411 e. The van der Waals surface area contributed by atoms with Crippen molar-refractivity contribution in [2.24, 2.45) is 0 Å². The van der Waals surface area contributed by atoms with E-state index in [1.807, 2.05) is 0 Å². The van der Waals surface area contributed by atoms with Gasteiger partial charge in [-0.25, -0.2) is 8.42 Å². The summed E-state index contributed by atoms with van der Waals surface area (Å²) in [7, 11) is -3.70. The smallest absolute Gasteiger partial charge is 0.399 e. The van der Waals surface area contributed by atoms with E-state index < -0.39 is 35.0 Å². The molecule has 108 valence electrons. The summed E-state index contributed by atoms with van der Waals surface area (Å²) in [5.74, 6) is -0.520. The van der Waals surface area contributed by atoms with Gasteiger partial charge in [0.1, 0.15) is 6.61 Å². The molecule has 1 aromatic rings. The first-order chi connectivity index (χ1) is 8.62. The largest absolute Gasteiger partial charge is 0.411 e. The molecule has 0 saturated heterocycles. The van der Waals surface area contributed by atoms with Crippen molar-refractivity contribution in [1.82, 2.24) is 0 Å². The lowest BCUT2D eigenvalue weighted by Crippen LogP contribution is -2.21. The molecule has 0 atom stereocenters. The maximum atomic E-state index is 11.9. The van der Waals surface area contributed by atoms with Gasteiger partial charge in [0.15, 0.2) is 9.84 Å². The number of nitrogens with two attached hydrogens (primary N) is 1. The number of halogens is 3. The van der Waals surface area contributed by atoms with E-state index in [9.17, 15) is 21.6 Å². The Morgan fingerprint density at radius 3 is 2.53 bits per heavy atom. The Morgan fingerprint density at radius 1 is 1.32 bits per heavy atom. The highest BCUT2D eigenvalue weighted by molar-refractivity contribution is 7.91. The zero-order chi connectivity index (χ0) is 14.7. The predicted octanol–water partition coefficient (Wildman–Crippen LogP) is 1.93. The Balaban J connectivity index is 2.69. The van der Waals surface area contributed by atoms with Crippen molar-refractivity contribution in [2.75, 3.05) is 24.7 Å². The van der Waals surface area contributed by atoms with Crippen molar-refractivity contribution in [3.8, 4) is 0 Å². The van der Waals surface area contributed by atoms with E-state index in [-0.39, 0.29) is 10.6 Å². The highest BCUT2D eigenvalue weighted by Gasteiger charge is 2.27. The van der Waals surface area contributed by atoms with Crippen LogP contribution >= 0.6 is 0 Å². The van der Waals surface area contributed by atoms with Crippen LogP contribution in [0.3, 0.4) is 0 Å². The number of rotatable bonds is 5. The highest BCUT2D eigenvalue weighted by Crippen LogP contribution is 2.20. The molecule has 4 nitrogen and oxygen atoms in total. The number of nitrogen functional groups attached to an aromatic ring is 1. The average molecular weight is 297 g/mol. The topological polar surface area (TPSA) is 69.4 Å². The molecule has 0 aliphatic heterocycles. The van der Waals surface area contributed by atoms with Gasteiger partial charge in [-0.1, -0.05) is 6.07 Å². The quantitative estimate of drug-likeness (QED) is 0.666. The van der Waals surface area contributed by atoms with E-state index in [0.717, 1.165) is 0 Å². The first-order valence-corrected chi connectivity index (χ1v) is 7.00. The standard InChI is InChI=1S/C11H14F3NO3S/c1-8-2-3-9(15)6-10(8)19(16,17)5-4-18-7-11(12,13)14/h2-3,6H,4-5,7,15H2,1H3. The van der Waals surface area contributed by atoms with Crippen molar-refractivity contribution < 1.29 is 26.3 Å². The lowest BCUT2D eigenvalue weighted by atomic mass is 10.2. The number of hydrogen-bond acceptors (Lipinski definition) is 4. The van der Waals surface area contributed by atoms with Gasteiger partial charge in [-0.05, 0) is 24.6 Å². The molecule has 19 heavy (non-hydrogen) atoms. The van der Waals surface area contributed by atoms with Crippen LogP contribution in [0.25, 0.3) is 0 Å². The van der Waals surface area contributed by atoms with E-state index in [1.54, 1.807) is 19.1 Å². The molecule has 0 spiro atoms. The van der Waals surface area contributed by atoms with Crippen LogP contribution in [0.15, 0.2) is 23.1 Å². The van der Waals surface area contributed by atoms with Gasteiger partial charge in [-0.3, -0.25) is 0 Å². The SMILES string of the molecule is Cc1ccc(N)cc1S(=O)(=O)CCOCC(F)(F)F. The molecule has 2 N–H and O–H groups in total. The van der Waals surface area contributed by atoms with Gasteiger partial charge in [-0.15, -0.1) is 0 Å². The van der Waals surface area contributed by atoms with Gasteiger partial charge < -0.3 is 10.5 Å². The second kappa shape index (κ2) is 5.79. The van der Waals surface area contributed by atoms with Crippen LogP contribution < -0.4 is 5.73 Å². The Hall–Kier alpha value is -1.28. The number of benzene rings is 1. The van der Waals surface area contributed by atoms with Crippen molar-refractivity contribution in [3.63, 3.8) is 0 Å². The molecule has 0 radical (unpaired) electrons. The fraction of sp³-hybridized carbons (Fsp3) is 0.455. The second-order valence-electron chi connectivity index (χ2n) is 4.01. The molecule has 0 amide bonds. The average Bonchev–Trinajstić information content (AvgIpc) is 2.26. The fourth-order valence-corrected chi connectivity index (χ4v) is 2.85. The summed E-state index contributed by atoms with van der Waals surface area (Å²) in [6.07, 6.45) is -4.46. The number of aryl methyl sites for hydroxylation is 1. The Bertz CT molecular complexity index is 541. The van der Waals surface area contributed by atoms with Crippen LogP contribution in [0, 0.1) is 6.92 Å². The van der Waals surface area contributed by atoms with Crippen LogP contribution in [0.4, 0.5) is 18.9 Å². The molecule has 0 saturated carbocycles. The summed E-state index contributed by atoms with van der Waals surface area (Å²) in [5, 5.41) is 0. The van der Waals surface area contributed by atoms with Gasteiger partial charge in [0, 0.05) is 5.69 Å². The summed E-state index contributed by atoms with van der Waals surface area (Å²) in [6, 6.07) is 4.38. The molecule has 1 aromatic carbocycles. The van der Waals surface area contributed by atoms with Crippen LogP contribution in [0.2, 0.25) is 0 Å². The summed E-state index contributed by atoms with van der Waals surface area (Å²) in [4.78, 5) is 0.0168. The third kappa shape index (κ3) is 5.07. The maximum absolute atomic E-state index is 11.9. The number of sulfone groups is 1. The lowest BCUT2D eigenvalue weighted by Gasteiger charge is -2.10. The van der Waals surface area contributed by atoms with Gasteiger partial charge in [0.05, 0.1) is 17.3 Å². The van der Waals surface area contributed by atoms with Gasteiger partial charge in [0.25, 0.3) is 0 Å². The molecule has 1 rings (SSSR count). The number of anilines is 1. The van der Waals surface area contributed by atoms with Crippen molar-refractivity contribution in [2.45, 2.75) is 18.0 Å². The summed E-state index contributed by atoms with van der Waals surface area (Å²) < 4.78 is 63.6. The van der Waals surface area contributed by atoms with Gasteiger partial charge >= 0.3 is 6.18 Å². The minimum Gasteiger partial charge on any atom is -0.399 e. The fourth-order valence-electron chi connectivity index (χ4n) is 1.42. The molecule has 0 aromatic heterocycles. The minimum absolute atomic E-state index is 0.0168. The molecule has 0 aliphatic rings. The molecule has 0 bridgehead atoms. The lowest BCUT2D eigenvalue weighted by molar-refractivity contribution is -0.172. The van der Waals surface area contributed by atoms with Crippen molar-refractivity contribution >= 4 is 15.5 Å². The minimum atomic E-state index is -4.46. The monoisotopic (exact) mass is 297 g/mol. The second-order valence-corrected chi connectivity index (χ2v) is 6.09. The predicted molar refractivity (Wildman–Crippen MR) is 64.5 cm³/mol. The van der Waals surface area contributed by atoms with Crippen LogP contribution in [0.1, 0.15) is 5.56 Å². The Labute approximate surface area is 109 Å². The van der Waals surface area contributed by atoms with Crippen LogP contribution in [-0.4, -0.2) is 33.6 Å². The Morgan fingerprint density at radius 2 is 1.95 bits per heavy atom. The molecule has 0 fully saturated rings. The van der Waals surface area contributed by atoms with Gasteiger partial charge in [-0.2, -0.15) is 13.2 Å². The Kier molecular flexibility index (Phi) is 4.81. The number of alkyl halides is 3. The molecule has 0 heterocycles. The molecular formula is C11H14F3NO3S. The highest BCUT2D eigenvalue weighted by atomic mass is 32.2.